The lowest BCUT2D eigenvalue weighted by molar-refractivity contribution is -0.123. The third-order valence-electron chi connectivity index (χ3n) is 4.86. The fourth-order valence-electron chi connectivity index (χ4n) is 3.35. The van der Waals surface area contributed by atoms with Crippen LogP contribution in [0.5, 0.6) is 5.75 Å². The van der Waals surface area contributed by atoms with E-state index >= 15 is 0 Å². The fraction of sp³-hybridized carbons (Fsp3) is 0.273. The molecule has 1 fully saturated rings. The Balaban J connectivity index is 1.41. The molecular weight excluding hydrogens is 357 g/mol. The van der Waals surface area contributed by atoms with Gasteiger partial charge in [0.2, 0.25) is 0 Å². The highest BCUT2D eigenvalue weighted by Crippen LogP contribution is 2.27. The first-order chi connectivity index (χ1) is 13.7. The van der Waals surface area contributed by atoms with Crippen LogP contribution in [0.4, 0.5) is 10.2 Å². The molecule has 1 N–H and O–H groups in total. The number of carbonyl (C=O) groups is 1. The third kappa shape index (κ3) is 4.22. The molecule has 2 aromatic carbocycles. The van der Waals surface area contributed by atoms with Crippen molar-refractivity contribution in [2.24, 2.45) is 0 Å². The Hall–Kier alpha value is -3.15. The van der Waals surface area contributed by atoms with Crippen molar-refractivity contribution >= 4 is 22.6 Å². The predicted octanol–water partition coefficient (Wildman–Crippen LogP) is 3.67. The molecule has 0 bridgehead atoms. The van der Waals surface area contributed by atoms with E-state index in [2.05, 4.69) is 10.2 Å². The lowest BCUT2D eigenvalue weighted by atomic mass is 10.2. The fourth-order valence-corrected chi connectivity index (χ4v) is 3.35. The van der Waals surface area contributed by atoms with Crippen molar-refractivity contribution in [2.75, 3.05) is 24.6 Å². The van der Waals surface area contributed by atoms with E-state index in [1.165, 1.54) is 25.0 Å². The van der Waals surface area contributed by atoms with Crippen LogP contribution in [0.1, 0.15) is 18.4 Å². The molecule has 1 aliphatic heterocycles. The average Bonchev–Trinajstić information content (AvgIpc) is 3.26. The quantitative estimate of drug-likeness (QED) is 0.710. The molecule has 28 heavy (non-hydrogen) atoms. The smallest absolute Gasteiger partial charge is 0.258 e. The van der Waals surface area contributed by atoms with Crippen LogP contribution in [-0.2, 0) is 11.3 Å². The summed E-state index contributed by atoms with van der Waals surface area (Å²) in [4.78, 5) is 19.2. The highest BCUT2D eigenvalue weighted by molar-refractivity contribution is 5.86. The minimum Gasteiger partial charge on any atom is -0.481 e. The number of halogens is 1. The minimum atomic E-state index is -0.296. The van der Waals surface area contributed by atoms with Crippen LogP contribution >= 0.6 is 0 Å². The van der Waals surface area contributed by atoms with E-state index in [0.29, 0.717) is 12.3 Å². The second kappa shape index (κ2) is 8.25. The summed E-state index contributed by atoms with van der Waals surface area (Å²) in [5.74, 6) is 1.00. The molecule has 0 radical (unpaired) electrons. The van der Waals surface area contributed by atoms with Gasteiger partial charge in [0.15, 0.2) is 6.61 Å². The van der Waals surface area contributed by atoms with E-state index in [1.807, 2.05) is 30.3 Å². The van der Waals surface area contributed by atoms with E-state index in [0.717, 1.165) is 35.4 Å². The lowest BCUT2D eigenvalue weighted by Crippen LogP contribution is -2.28. The second-order valence-corrected chi connectivity index (χ2v) is 6.88. The average molecular weight is 379 g/mol. The number of benzene rings is 2. The number of pyridine rings is 1. The van der Waals surface area contributed by atoms with Crippen molar-refractivity contribution in [3.8, 4) is 5.75 Å². The van der Waals surface area contributed by atoms with Gasteiger partial charge in [-0.1, -0.05) is 24.3 Å². The molecule has 5 nitrogen and oxygen atoms in total. The Morgan fingerprint density at radius 2 is 1.86 bits per heavy atom. The summed E-state index contributed by atoms with van der Waals surface area (Å²) in [5.41, 5.74) is 1.59. The lowest BCUT2D eigenvalue weighted by Gasteiger charge is -2.17. The number of anilines is 1. The van der Waals surface area contributed by atoms with Gasteiger partial charge >= 0.3 is 0 Å². The van der Waals surface area contributed by atoms with E-state index in [4.69, 9.17) is 9.72 Å². The number of nitrogens with one attached hydrogen (secondary N) is 1. The molecule has 3 aromatic rings. The van der Waals surface area contributed by atoms with Gasteiger partial charge in [-0.05, 0) is 48.7 Å². The second-order valence-electron chi connectivity index (χ2n) is 6.88. The molecule has 0 unspecified atom stereocenters. The van der Waals surface area contributed by atoms with Gasteiger partial charge in [0, 0.05) is 25.0 Å². The first-order valence-corrected chi connectivity index (χ1v) is 9.48. The zero-order valence-corrected chi connectivity index (χ0v) is 15.5. The molecular formula is C22H22FN3O2. The van der Waals surface area contributed by atoms with Gasteiger partial charge in [-0.25, -0.2) is 9.37 Å². The zero-order chi connectivity index (χ0) is 19.3. The number of ether oxygens (including phenoxy) is 1. The Bertz CT molecular complexity index is 969. The molecule has 1 aliphatic rings. The van der Waals surface area contributed by atoms with Crippen molar-refractivity contribution in [2.45, 2.75) is 19.4 Å². The maximum Gasteiger partial charge on any atom is 0.258 e. The van der Waals surface area contributed by atoms with Gasteiger partial charge in [0.1, 0.15) is 22.9 Å². The highest BCUT2D eigenvalue weighted by Gasteiger charge is 2.15. The van der Waals surface area contributed by atoms with Crippen LogP contribution in [0.2, 0.25) is 0 Å². The topological polar surface area (TPSA) is 54.5 Å². The molecule has 2 heterocycles. The number of fused-ring (bicyclic) bond motifs is 1. The zero-order valence-electron chi connectivity index (χ0n) is 15.5. The number of carbonyl (C=O) groups excluding carboxylic acids is 1. The summed E-state index contributed by atoms with van der Waals surface area (Å²) in [6, 6.07) is 15.8. The van der Waals surface area contributed by atoms with E-state index in [1.54, 1.807) is 12.1 Å². The summed E-state index contributed by atoms with van der Waals surface area (Å²) in [6.45, 7) is 2.27. The Kier molecular flexibility index (Phi) is 5.37. The van der Waals surface area contributed by atoms with Gasteiger partial charge < -0.3 is 15.0 Å². The normalized spacial score (nSPS) is 13.7. The van der Waals surface area contributed by atoms with Gasteiger partial charge in [0.05, 0.1) is 0 Å². The van der Waals surface area contributed by atoms with Gasteiger partial charge in [-0.3, -0.25) is 4.79 Å². The van der Waals surface area contributed by atoms with Crippen LogP contribution < -0.4 is 15.0 Å². The first kappa shape index (κ1) is 18.2. The summed E-state index contributed by atoms with van der Waals surface area (Å²) < 4.78 is 18.7. The number of nitrogens with zero attached hydrogens (tertiary/aromatic N) is 2. The largest absolute Gasteiger partial charge is 0.481 e. The van der Waals surface area contributed by atoms with Crippen molar-refractivity contribution < 1.29 is 13.9 Å². The van der Waals surface area contributed by atoms with Gasteiger partial charge in [-0.15, -0.1) is 0 Å². The van der Waals surface area contributed by atoms with Crippen LogP contribution in [0.25, 0.3) is 10.9 Å². The van der Waals surface area contributed by atoms with Gasteiger partial charge in [-0.2, -0.15) is 0 Å². The van der Waals surface area contributed by atoms with Crippen LogP contribution in [0.15, 0.2) is 54.6 Å². The summed E-state index contributed by atoms with van der Waals surface area (Å²) in [6.07, 6.45) is 2.37. The molecule has 1 saturated heterocycles. The maximum absolute atomic E-state index is 12.9. The molecule has 0 saturated carbocycles. The van der Waals surface area contributed by atoms with Crippen LogP contribution in [0.3, 0.4) is 0 Å². The van der Waals surface area contributed by atoms with Gasteiger partial charge in [0.25, 0.3) is 5.91 Å². The molecule has 144 valence electrons. The van der Waals surface area contributed by atoms with Crippen molar-refractivity contribution in [3.05, 3.63) is 66.0 Å². The highest BCUT2D eigenvalue weighted by atomic mass is 19.1. The Morgan fingerprint density at radius 3 is 2.64 bits per heavy atom. The van der Waals surface area contributed by atoms with Crippen molar-refractivity contribution in [3.63, 3.8) is 0 Å². The molecule has 1 amide bonds. The number of hydrogen-bond acceptors (Lipinski definition) is 4. The van der Waals surface area contributed by atoms with Crippen molar-refractivity contribution in [1.29, 1.82) is 0 Å². The number of rotatable bonds is 6. The monoisotopic (exact) mass is 379 g/mol. The minimum absolute atomic E-state index is 0.101. The Labute approximate surface area is 163 Å². The molecule has 6 heteroatoms. The summed E-state index contributed by atoms with van der Waals surface area (Å²) >= 11 is 0. The number of aromatic nitrogens is 1. The number of hydrogen-bond donors (Lipinski definition) is 1. The van der Waals surface area contributed by atoms with Crippen molar-refractivity contribution in [1.82, 2.24) is 10.3 Å². The molecule has 0 spiro atoms. The molecule has 1 aromatic heterocycles. The van der Waals surface area contributed by atoms with E-state index in [9.17, 15) is 9.18 Å². The third-order valence-corrected chi connectivity index (χ3v) is 4.86. The summed E-state index contributed by atoms with van der Waals surface area (Å²) in [5, 5.41) is 3.76. The first-order valence-electron chi connectivity index (χ1n) is 9.48. The Morgan fingerprint density at radius 1 is 1.07 bits per heavy atom. The predicted molar refractivity (Wildman–Crippen MR) is 107 cm³/mol. The number of amides is 1. The molecule has 0 atom stereocenters. The number of para-hydroxylation sites is 1. The van der Waals surface area contributed by atoms with E-state index < -0.39 is 0 Å². The SMILES string of the molecule is O=C(COc1cccc2ccc(N3CCCC3)nc12)NCc1ccc(F)cc1. The summed E-state index contributed by atoms with van der Waals surface area (Å²) in [7, 11) is 0. The standard InChI is InChI=1S/C22H22FN3O2/c23-18-9-6-16(7-10-18)14-24-21(27)15-28-19-5-3-4-17-8-11-20(25-22(17)19)26-12-1-2-13-26/h3-11H,1-2,12-15H2,(H,24,27). The van der Waals surface area contributed by atoms with E-state index in [-0.39, 0.29) is 18.3 Å². The molecule has 4 rings (SSSR count). The van der Waals surface area contributed by atoms with Crippen LogP contribution in [0, 0.1) is 5.82 Å². The maximum atomic E-state index is 12.9. The molecule has 0 aliphatic carbocycles. The van der Waals surface area contributed by atoms with Crippen LogP contribution in [-0.4, -0.2) is 30.6 Å².